The van der Waals surface area contributed by atoms with Crippen LogP contribution in [0.5, 0.6) is 5.75 Å². The van der Waals surface area contributed by atoms with E-state index in [1.165, 1.54) is 21.8 Å². The second kappa shape index (κ2) is 9.57. The number of carboxylic acid groups (broad SMARTS) is 1. The minimum absolute atomic E-state index is 0.233. The molecule has 0 saturated heterocycles. The number of aryl methyl sites for hydroxylation is 1. The van der Waals surface area contributed by atoms with Crippen LogP contribution in [0.3, 0.4) is 0 Å². The predicted octanol–water partition coefficient (Wildman–Crippen LogP) is 8.46. The van der Waals surface area contributed by atoms with Crippen LogP contribution >= 0.6 is 7.28 Å². The summed E-state index contributed by atoms with van der Waals surface area (Å²) in [7, 11) is -2.73. The average Bonchev–Trinajstić information content (AvgIpc) is 3.21. The molecule has 1 aromatic heterocycles. The molecule has 0 fully saturated rings. The fourth-order valence-corrected chi connectivity index (χ4v) is 7.92. The zero-order chi connectivity index (χ0) is 26.2. The second-order valence-corrected chi connectivity index (χ2v) is 13.5. The lowest BCUT2D eigenvalue weighted by molar-refractivity contribution is 0.0697. The van der Waals surface area contributed by atoms with Crippen molar-refractivity contribution in [2.45, 2.75) is 39.4 Å². The Hall–Kier alpha value is -3.82. The number of fused-ring (bicyclic) bond motifs is 3. The summed E-state index contributed by atoms with van der Waals surface area (Å²) >= 11 is 0. The van der Waals surface area contributed by atoms with Crippen molar-refractivity contribution in [3.05, 3.63) is 103 Å². The van der Waals surface area contributed by atoms with E-state index >= 15 is 0 Å². The van der Waals surface area contributed by atoms with Gasteiger partial charge in [0.15, 0.2) is 7.28 Å². The van der Waals surface area contributed by atoms with Crippen molar-refractivity contribution >= 4 is 46.0 Å². The molecule has 0 aliphatic heterocycles. The van der Waals surface area contributed by atoms with Crippen LogP contribution in [0.15, 0.2) is 102 Å². The Morgan fingerprint density at radius 3 is 2.16 bits per heavy atom. The molecule has 0 amide bonds. The summed E-state index contributed by atoms with van der Waals surface area (Å²) in [6.07, 6.45) is 0. The summed E-state index contributed by atoms with van der Waals surface area (Å²) in [5, 5.41) is 12.4. The summed E-state index contributed by atoms with van der Waals surface area (Å²) in [5.41, 5.74) is 3.32. The Balaban J connectivity index is 1.82. The van der Waals surface area contributed by atoms with E-state index in [0.717, 1.165) is 17.6 Å². The summed E-state index contributed by atoms with van der Waals surface area (Å²) in [6, 6.07) is 31.6. The molecular formula is C31H31N2O3P. The standard InChI is InChI=1S/C31H31N2O3P/c1-5-33-28-14-10-9-13-26(28)27-21-25(19-20-29(27)33)37(31(2,3)4,36-24-11-7-6-8-12-24)32-23-17-15-22(16-18-23)30(34)35/h6-21H,5H2,1-4H3,(H,34,35)/t37-/m1/s1. The third-order valence-electron chi connectivity index (χ3n) is 6.68. The molecule has 0 radical (unpaired) electrons. The Kier molecular flexibility index (Phi) is 6.43. The van der Waals surface area contributed by atoms with E-state index in [9.17, 15) is 9.90 Å². The number of carbonyl (C=O) groups is 1. The Morgan fingerprint density at radius 2 is 1.51 bits per heavy atom. The lowest BCUT2D eigenvalue weighted by Gasteiger charge is -2.37. The van der Waals surface area contributed by atoms with Crippen molar-refractivity contribution in [1.82, 2.24) is 4.57 Å². The van der Waals surface area contributed by atoms with E-state index in [2.05, 4.69) is 74.7 Å². The highest BCUT2D eigenvalue weighted by atomic mass is 31.2. The highest BCUT2D eigenvalue weighted by Gasteiger charge is 2.39. The van der Waals surface area contributed by atoms with Gasteiger partial charge < -0.3 is 14.2 Å². The molecule has 6 heteroatoms. The maximum atomic E-state index is 11.4. The second-order valence-electron chi connectivity index (χ2n) is 10.1. The first-order valence-corrected chi connectivity index (χ1v) is 14.1. The molecule has 1 N–H and O–H groups in total. The van der Waals surface area contributed by atoms with Gasteiger partial charge in [0.05, 0.1) is 11.3 Å². The predicted molar refractivity (Wildman–Crippen MR) is 154 cm³/mol. The molecule has 0 bridgehead atoms. The largest absolute Gasteiger partial charge is 0.478 e. The van der Waals surface area contributed by atoms with Crippen molar-refractivity contribution in [2.75, 3.05) is 0 Å². The van der Waals surface area contributed by atoms with Gasteiger partial charge in [-0.15, -0.1) is 0 Å². The number of hydrogen-bond acceptors (Lipinski definition) is 3. The van der Waals surface area contributed by atoms with E-state index < -0.39 is 13.3 Å². The third kappa shape index (κ3) is 4.45. The number of rotatable bonds is 6. The Labute approximate surface area is 217 Å². The molecule has 188 valence electrons. The number of nitrogens with zero attached hydrogens (tertiary/aromatic N) is 2. The van der Waals surface area contributed by atoms with Crippen LogP contribution < -0.4 is 9.83 Å². The topological polar surface area (TPSA) is 63.8 Å². The summed E-state index contributed by atoms with van der Waals surface area (Å²) < 4.78 is 14.6. The van der Waals surface area contributed by atoms with E-state index in [1.54, 1.807) is 24.3 Å². The van der Waals surface area contributed by atoms with Crippen molar-refractivity contribution in [2.24, 2.45) is 4.74 Å². The fraction of sp³-hybridized carbons (Fsp3) is 0.194. The van der Waals surface area contributed by atoms with Crippen molar-refractivity contribution in [1.29, 1.82) is 0 Å². The first-order chi connectivity index (χ1) is 17.7. The Morgan fingerprint density at radius 1 is 0.865 bits per heavy atom. The molecule has 5 aromatic rings. The van der Waals surface area contributed by atoms with Crippen LogP contribution in [0, 0.1) is 0 Å². The minimum Gasteiger partial charge on any atom is -0.478 e. The zero-order valence-corrected chi connectivity index (χ0v) is 22.4. The van der Waals surface area contributed by atoms with Gasteiger partial charge in [0, 0.05) is 38.8 Å². The molecule has 0 saturated carbocycles. The third-order valence-corrected chi connectivity index (χ3v) is 10.5. The molecule has 1 heterocycles. The summed E-state index contributed by atoms with van der Waals surface area (Å²) in [5.74, 6) is -0.200. The quantitative estimate of drug-likeness (QED) is 0.233. The van der Waals surface area contributed by atoms with Gasteiger partial charge in [0.2, 0.25) is 0 Å². The highest BCUT2D eigenvalue weighted by Crippen LogP contribution is 2.62. The van der Waals surface area contributed by atoms with Gasteiger partial charge in [0.25, 0.3) is 0 Å². The van der Waals surface area contributed by atoms with Crippen molar-refractivity contribution in [3.8, 4) is 5.75 Å². The number of carboxylic acids is 1. The van der Waals surface area contributed by atoms with Gasteiger partial charge in [-0.25, -0.2) is 9.54 Å². The van der Waals surface area contributed by atoms with E-state index in [-0.39, 0.29) is 10.7 Å². The average molecular weight is 511 g/mol. The molecule has 5 nitrogen and oxygen atoms in total. The summed E-state index contributed by atoms with van der Waals surface area (Å²) in [6.45, 7) is 9.54. The van der Waals surface area contributed by atoms with Crippen molar-refractivity contribution < 1.29 is 14.4 Å². The Bertz CT molecular complexity index is 1650. The molecule has 0 spiro atoms. The van der Waals surface area contributed by atoms with Gasteiger partial charge in [-0.3, -0.25) is 0 Å². The van der Waals surface area contributed by atoms with Crippen LogP contribution in [0.2, 0.25) is 0 Å². The van der Waals surface area contributed by atoms with E-state index in [1.807, 2.05) is 30.3 Å². The first kappa shape index (κ1) is 24.9. The molecule has 0 aliphatic carbocycles. The fourth-order valence-electron chi connectivity index (χ4n) is 4.84. The number of para-hydroxylation sites is 2. The number of aromatic nitrogens is 1. The molecule has 37 heavy (non-hydrogen) atoms. The van der Waals surface area contributed by atoms with Crippen molar-refractivity contribution in [3.63, 3.8) is 0 Å². The highest BCUT2D eigenvalue weighted by molar-refractivity contribution is 7.71. The van der Waals surface area contributed by atoms with Gasteiger partial charge in [-0.05, 0) is 67.6 Å². The molecule has 0 unspecified atom stereocenters. The van der Waals surface area contributed by atoms with Crippen LogP contribution in [-0.4, -0.2) is 20.8 Å². The lowest BCUT2D eigenvalue weighted by atomic mass is 10.1. The molecular weight excluding hydrogens is 479 g/mol. The number of benzene rings is 4. The first-order valence-electron chi connectivity index (χ1n) is 12.5. The normalized spacial score (nSPS) is 13.4. The lowest BCUT2D eigenvalue weighted by Crippen LogP contribution is -2.27. The van der Waals surface area contributed by atoms with Gasteiger partial charge in [-0.2, -0.15) is 0 Å². The van der Waals surface area contributed by atoms with Crippen LogP contribution in [0.25, 0.3) is 21.8 Å². The van der Waals surface area contributed by atoms with E-state index in [4.69, 9.17) is 9.27 Å². The maximum absolute atomic E-state index is 11.4. The molecule has 0 aliphatic rings. The molecule has 4 aromatic carbocycles. The maximum Gasteiger partial charge on any atom is 0.335 e. The SMILES string of the molecule is CCn1c2ccccc2c2cc([P@@](=Nc3ccc(C(=O)O)cc3)(Oc3ccccc3)C(C)(C)C)ccc21. The minimum atomic E-state index is -2.73. The smallest absolute Gasteiger partial charge is 0.335 e. The van der Waals surface area contributed by atoms with Crippen LogP contribution in [-0.2, 0) is 6.54 Å². The monoisotopic (exact) mass is 510 g/mol. The van der Waals surface area contributed by atoms with Gasteiger partial charge in [-0.1, -0.05) is 57.2 Å². The van der Waals surface area contributed by atoms with Gasteiger partial charge in [0.1, 0.15) is 5.75 Å². The number of aromatic carboxylic acids is 1. The number of hydrogen-bond donors (Lipinski definition) is 1. The van der Waals surface area contributed by atoms with Crippen LogP contribution in [0.1, 0.15) is 38.1 Å². The zero-order valence-electron chi connectivity index (χ0n) is 21.6. The van der Waals surface area contributed by atoms with Crippen LogP contribution in [0.4, 0.5) is 5.69 Å². The van der Waals surface area contributed by atoms with E-state index in [0.29, 0.717) is 5.69 Å². The molecule has 1 atom stereocenters. The van der Waals surface area contributed by atoms with Gasteiger partial charge >= 0.3 is 5.97 Å². The summed E-state index contributed by atoms with van der Waals surface area (Å²) in [4.78, 5) is 11.4. The molecule has 5 rings (SSSR count).